The number of nitrogens with two attached hydrogens (primary N) is 1. The van der Waals surface area contributed by atoms with Crippen LogP contribution in [0.25, 0.3) is 0 Å². The van der Waals surface area contributed by atoms with Gasteiger partial charge in [0.2, 0.25) is 0 Å². The van der Waals surface area contributed by atoms with Gasteiger partial charge in [-0.2, -0.15) is 0 Å². The summed E-state index contributed by atoms with van der Waals surface area (Å²) in [6.45, 7) is 7.28. The van der Waals surface area contributed by atoms with E-state index in [4.69, 9.17) is 5.73 Å². The summed E-state index contributed by atoms with van der Waals surface area (Å²) in [6, 6.07) is 5.00. The van der Waals surface area contributed by atoms with Gasteiger partial charge in [0.1, 0.15) is 0 Å². The van der Waals surface area contributed by atoms with E-state index in [2.05, 4.69) is 22.2 Å². The van der Waals surface area contributed by atoms with Gasteiger partial charge >= 0.3 is 0 Å². The number of benzene rings is 1. The minimum Gasteiger partial charge on any atom is -0.504 e. The van der Waals surface area contributed by atoms with Gasteiger partial charge < -0.3 is 21.3 Å². The van der Waals surface area contributed by atoms with Crippen molar-refractivity contribution >= 4 is 11.7 Å². The zero-order chi connectivity index (χ0) is 17.2. The molecule has 0 bridgehead atoms. The Labute approximate surface area is 138 Å². The number of phenolic OH excluding ortho intramolecular Hbond substituents is 2. The normalized spacial score (nSPS) is 13.9. The molecule has 0 aliphatic carbocycles. The molecule has 0 aromatic heterocycles. The van der Waals surface area contributed by atoms with Gasteiger partial charge in [-0.3, -0.25) is 9.98 Å². The highest BCUT2D eigenvalue weighted by Crippen LogP contribution is 2.24. The van der Waals surface area contributed by atoms with Crippen molar-refractivity contribution in [1.29, 1.82) is 0 Å². The maximum atomic E-state index is 9.45. The maximum Gasteiger partial charge on any atom is 0.157 e. The van der Waals surface area contributed by atoms with E-state index in [1.54, 1.807) is 12.1 Å². The summed E-state index contributed by atoms with van der Waals surface area (Å²) in [5, 5.41) is 22.0. The Kier molecular flexibility index (Phi) is 7.94. The van der Waals surface area contributed by atoms with Crippen LogP contribution < -0.4 is 11.1 Å². The molecule has 0 amide bonds. The first-order chi connectivity index (χ1) is 10.9. The average Bonchev–Trinajstić information content (AvgIpc) is 2.49. The quantitative estimate of drug-likeness (QED) is 0.335. The van der Waals surface area contributed by atoms with Crippen molar-refractivity contribution in [2.45, 2.75) is 46.1 Å². The van der Waals surface area contributed by atoms with E-state index in [1.165, 1.54) is 6.07 Å². The second-order valence-electron chi connectivity index (χ2n) is 5.67. The molecule has 5 N–H and O–H groups in total. The molecule has 6 heteroatoms. The van der Waals surface area contributed by atoms with E-state index in [1.807, 2.05) is 13.8 Å². The van der Waals surface area contributed by atoms with Crippen LogP contribution in [-0.4, -0.2) is 41.0 Å². The molecule has 1 aromatic rings. The average molecular weight is 320 g/mol. The van der Waals surface area contributed by atoms with E-state index in [9.17, 15) is 10.2 Å². The summed E-state index contributed by atoms with van der Waals surface area (Å²) in [4.78, 5) is 8.79. The molecule has 128 valence electrons. The van der Waals surface area contributed by atoms with E-state index >= 15 is 0 Å². The lowest BCUT2D eigenvalue weighted by Gasteiger charge is -2.13. The standard InChI is InChI=1S/C17H28N4O2/c1-4-5-17(18)20-11-12(2)21-13(3)19-9-8-14-6-7-15(22)16(23)10-14/h6-7,10,12,22-23H,4-5,8-9,11H2,1-3H3,(H2,18,20)(H,19,21). The van der Waals surface area contributed by atoms with Crippen LogP contribution in [0.1, 0.15) is 39.2 Å². The van der Waals surface area contributed by atoms with Gasteiger partial charge in [-0.25, -0.2) is 0 Å². The highest BCUT2D eigenvalue weighted by atomic mass is 16.3. The van der Waals surface area contributed by atoms with Crippen molar-refractivity contribution in [1.82, 2.24) is 5.32 Å². The fraction of sp³-hybridized carbons (Fsp3) is 0.529. The number of amidine groups is 2. The van der Waals surface area contributed by atoms with Crippen molar-refractivity contribution < 1.29 is 10.2 Å². The molecule has 0 spiro atoms. The summed E-state index contributed by atoms with van der Waals surface area (Å²) in [7, 11) is 0. The third kappa shape index (κ3) is 7.54. The monoisotopic (exact) mass is 320 g/mol. The van der Waals surface area contributed by atoms with Crippen molar-refractivity contribution in [3.63, 3.8) is 0 Å². The molecule has 1 atom stereocenters. The van der Waals surface area contributed by atoms with Crippen LogP contribution >= 0.6 is 0 Å². The number of hydrogen-bond donors (Lipinski definition) is 4. The molecule has 1 rings (SSSR count). The Bertz CT molecular complexity index is 556. The Morgan fingerprint density at radius 2 is 2.00 bits per heavy atom. The predicted molar refractivity (Wildman–Crippen MR) is 95.4 cm³/mol. The number of nitrogens with one attached hydrogen (secondary N) is 1. The first-order valence-electron chi connectivity index (χ1n) is 7.99. The zero-order valence-electron chi connectivity index (χ0n) is 14.2. The fourth-order valence-corrected chi connectivity index (χ4v) is 2.11. The lowest BCUT2D eigenvalue weighted by Crippen LogP contribution is -2.33. The molecule has 0 saturated heterocycles. The van der Waals surface area contributed by atoms with E-state index in [0.29, 0.717) is 25.3 Å². The van der Waals surface area contributed by atoms with Crippen molar-refractivity contribution in [3.8, 4) is 11.5 Å². The molecular weight excluding hydrogens is 292 g/mol. The van der Waals surface area contributed by atoms with E-state index < -0.39 is 0 Å². The van der Waals surface area contributed by atoms with Gasteiger partial charge in [0, 0.05) is 19.0 Å². The third-order valence-electron chi connectivity index (χ3n) is 3.32. The Morgan fingerprint density at radius 1 is 1.26 bits per heavy atom. The number of aliphatic imine (C=N–C) groups is 2. The van der Waals surface area contributed by atoms with E-state index in [0.717, 1.165) is 24.2 Å². The Balaban J connectivity index is 2.38. The molecule has 0 saturated carbocycles. The first-order valence-corrected chi connectivity index (χ1v) is 7.99. The van der Waals surface area contributed by atoms with Gasteiger partial charge in [-0.1, -0.05) is 13.0 Å². The smallest absolute Gasteiger partial charge is 0.157 e. The van der Waals surface area contributed by atoms with Gasteiger partial charge in [-0.15, -0.1) is 0 Å². The van der Waals surface area contributed by atoms with Gasteiger partial charge in [-0.05, 0) is 44.4 Å². The molecule has 0 aliphatic heterocycles. The number of hydrogen-bond acceptors (Lipinski definition) is 4. The molecule has 6 nitrogen and oxygen atoms in total. The molecule has 0 radical (unpaired) electrons. The zero-order valence-corrected chi connectivity index (χ0v) is 14.2. The number of rotatable bonds is 8. The summed E-state index contributed by atoms with van der Waals surface area (Å²) >= 11 is 0. The number of nitrogens with zero attached hydrogens (tertiary/aromatic N) is 2. The van der Waals surface area contributed by atoms with Crippen molar-refractivity contribution in [2.75, 3.05) is 13.1 Å². The topological polar surface area (TPSA) is 103 Å². The summed E-state index contributed by atoms with van der Waals surface area (Å²) in [5.41, 5.74) is 6.72. The van der Waals surface area contributed by atoms with Crippen LogP contribution in [0.5, 0.6) is 11.5 Å². The summed E-state index contributed by atoms with van der Waals surface area (Å²) < 4.78 is 0. The SMILES string of the molecule is CCCC(N)=NCC(C)NC(C)=NCCc1ccc(O)c(O)c1. The number of aromatic hydroxyl groups is 2. The van der Waals surface area contributed by atoms with Crippen LogP contribution in [0.3, 0.4) is 0 Å². The van der Waals surface area contributed by atoms with Crippen LogP contribution in [0.4, 0.5) is 0 Å². The maximum absolute atomic E-state index is 9.45. The largest absolute Gasteiger partial charge is 0.504 e. The highest BCUT2D eigenvalue weighted by molar-refractivity contribution is 5.81. The minimum atomic E-state index is -0.105. The van der Waals surface area contributed by atoms with Gasteiger partial charge in [0.15, 0.2) is 11.5 Å². The van der Waals surface area contributed by atoms with E-state index in [-0.39, 0.29) is 17.5 Å². The molecule has 0 heterocycles. The predicted octanol–water partition coefficient (Wildman–Crippen LogP) is 2.19. The van der Waals surface area contributed by atoms with Crippen LogP contribution in [-0.2, 0) is 6.42 Å². The Hall–Kier alpha value is -2.24. The molecule has 0 aliphatic rings. The molecule has 1 aromatic carbocycles. The first kappa shape index (κ1) is 18.8. The molecule has 23 heavy (non-hydrogen) atoms. The van der Waals surface area contributed by atoms with Gasteiger partial charge in [0.05, 0.1) is 18.2 Å². The van der Waals surface area contributed by atoms with Crippen molar-refractivity contribution in [3.05, 3.63) is 23.8 Å². The minimum absolute atomic E-state index is 0.0996. The molecular formula is C17H28N4O2. The second kappa shape index (κ2) is 9.71. The Morgan fingerprint density at radius 3 is 2.65 bits per heavy atom. The second-order valence-corrected chi connectivity index (χ2v) is 5.67. The highest BCUT2D eigenvalue weighted by Gasteiger charge is 2.03. The van der Waals surface area contributed by atoms with Crippen LogP contribution in [0, 0.1) is 0 Å². The molecule has 0 fully saturated rings. The lowest BCUT2D eigenvalue weighted by atomic mass is 10.1. The van der Waals surface area contributed by atoms with Crippen LogP contribution in [0.2, 0.25) is 0 Å². The van der Waals surface area contributed by atoms with Crippen molar-refractivity contribution in [2.24, 2.45) is 15.7 Å². The number of phenols is 2. The van der Waals surface area contributed by atoms with Gasteiger partial charge in [0.25, 0.3) is 0 Å². The lowest BCUT2D eigenvalue weighted by molar-refractivity contribution is 0.403. The molecule has 1 unspecified atom stereocenters. The summed E-state index contributed by atoms with van der Waals surface area (Å²) in [5.74, 6) is 1.34. The van der Waals surface area contributed by atoms with Crippen LogP contribution in [0.15, 0.2) is 28.2 Å². The fourth-order valence-electron chi connectivity index (χ4n) is 2.11. The third-order valence-corrected chi connectivity index (χ3v) is 3.32. The summed E-state index contributed by atoms with van der Waals surface area (Å²) in [6.07, 6.45) is 2.53.